The van der Waals surface area contributed by atoms with Crippen molar-refractivity contribution in [1.82, 2.24) is 10.2 Å². The first-order valence-corrected chi connectivity index (χ1v) is 8.11. The molecular formula is C19H21N3O2. The van der Waals surface area contributed by atoms with Crippen molar-refractivity contribution in [3.63, 3.8) is 0 Å². The summed E-state index contributed by atoms with van der Waals surface area (Å²) in [7, 11) is 0. The van der Waals surface area contributed by atoms with E-state index < -0.39 is 6.04 Å². The number of benzene rings is 2. The highest BCUT2D eigenvalue weighted by Gasteiger charge is 2.38. The smallest absolute Gasteiger partial charge is 0.325 e. The van der Waals surface area contributed by atoms with E-state index in [1.807, 2.05) is 48.5 Å². The normalized spacial score (nSPS) is 17.2. The molecule has 1 atom stereocenters. The molecule has 1 aliphatic heterocycles. The van der Waals surface area contributed by atoms with Gasteiger partial charge in [0.2, 0.25) is 0 Å². The monoisotopic (exact) mass is 323 g/mol. The van der Waals surface area contributed by atoms with Crippen molar-refractivity contribution in [2.24, 2.45) is 5.73 Å². The van der Waals surface area contributed by atoms with E-state index in [2.05, 4.69) is 12.2 Å². The van der Waals surface area contributed by atoms with Gasteiger partial charge in [0, 0.05) is 6.54 Å². The largest absolute Gasteiger partial charge is 0.326 e. The Labute approximate surface area is 141 Å². The first kappa shape index (κ1) is 16.2. The van der Waals surface area contributed by atoms with Crippen molar-refractivity contribution >= 4 is 11.9 Å². The molecule has 0 bridgehead atoms. The van der Waals surface area contributed by atoms with Crippen LogP contribution in [0.5, 0.6) is 0 Å². The molecule has 1 aliphatic rings. The van der Waals surface area contributed by atoms with Gasteiger partial charge in [0.1, 0.15) is 6.04 Å². The summed E-state index contributed by atoms with van der Waals surface area (Å²) in [6.07, 6.45) is 0.941. The van der Waals surface area contributed by atoms with E-state index in [1.54, 1.807) is 0 Å². The minimum atomic E-state index is -0.605. The molecular weight excluding hydrogens is 302 g/mol. The SMILES string of the molecule is CCc1ccc(C2NC(=O)N(Cc3ccc(CN)cc3)C2=O)cc1. The zero-order valence-corrected chi connectivity index (χ0v) is 13.7. The molecule has 0 saturated carbocycles. The van der Waals surface area contributed by atoms with Crippen LogP contribution in [-0.4, -0.2) is 16.8 Å². The van der Waals surface area contributed by atoms with Gasteiger partial charge in [0.05, 0.1) is 6.54 Å². The predicted octanol–water partition coefficient (Wildman–Crippen LogP) is 2.50. The van der Waals surface area contributed by atoms with Crippen LogP contribution in [0.1, 0.15) is 35.2 Å². The standard InChI is InChI=1S/C19H21N3O2/c1-2-13-7-9-16(10-8-13)17-18(23)22(19(24)21-17)12-15-5-3-14(11-20)4-6-15/h3-10,17H,2,11-12,20H2,1H3,(H,21,24). The molecule has 1 heterocycles. The van der Waals surface area contributed by atoms with Crippen LogP contribution in [0.15, 0.2) is 48.5 Å². The van der Waals surface area contributed by atoms with Crippen LogP contribution in [0.2, 0.25) is 0 Å². The summed E-state index contributed by atoms with van der Waals surface area (Å²) in [5, 5.41) is 2.77. The number of imide groups is 1. The predicted molar refractivity (Wildman–Crippen MR) is 92.0 cm³/mol. The summed E-state index contributed by atoms with van der Waals surface area (Å²) in [6, 6.07) is 14.4. The zero-order chi connectivity index (χ0) is 17.1. The molecule has 2 aromatic carbocycles. The van der Waals surface area contributed by atoms with Crippen LogP contribution < -0.4 is 11.1 Å². The average molecular weight is 323 g/mol. The highest BCUT2D eigenvalue weighted by atomic mass is 16.2. The lowest BCUT2D eigenvalue weighted by atomic mass is 10.0. The van der Waals surface area contributed by atoms with Gasteiger partial charge < -0.3 is 11.1 Å². The van der Waals surface area contributed by atoms with E-state index in [1.165, 1.54) is 10.5 Å². The van der Waals surface area contributed by atoms with Gasteiger partial charge in [-0.05, 0) is 28.7 Å². The fourth-order valence-electron chi connectivity index (χ4n) is 2.80. The molecule has 3 amide bonds. The Balaban J connectivity index is 1.75. The molecule has 2 aromatic rings. The van der Waals surface area contributed by atoms with Crippen molar-refractivity contribution in [3.8, 4) is 0 Å². The third kappa shape index (κ3) is 3.16. The maximum Gasteiger partial charge on any atom is 0.325 e. The Morgan fingerprint density at radius 3 is 2.12 bits per heavy atom. The minimum absolute atomic E-state index is 0.216. The van der Waals surface area contributed by atoms with Crippen molar-refractivity contribution in [2.45, 2.75) is 32.5 Å². The van der Waals surface area contributed by atoms with Crippen LogP contribution in [0.4, 0.5) is 4.79 Å². The average Bonchev–Trinajstić information content (AvgIpc) is 2.90. The molecule has 3 rings (SSSR count). The maximum atomic E-state index is 12.6. The number of carbonyl (C=O) groups is 2. The molecule has 3 N–H and O–H groups in total. The van der Waals surface area contributed by atoms with Crippen LogP contribution in [0, 0.1) is 0 Å². The lowest BCUT2D eigenvalue weighted by Gasteiger charge is -2.13. The molecule has 0 spiro atoms. The van der Waals surface area contributed by atoms with Gasteiger partial charge >= 0.3 is 6.03 Å². The number of rotatable bonds is 5. The number of nitrogens with two attached hydrogens (primary N) is 1. The van der Waals surface area contributed by atoms with Gasteiger partial charge in [0.25, 0.3) is 5.91 Å². The summed E-state index contributed by atoms with van der Waals surface area (Å²) in [5.74, 6) is -0.216. The lowest BCUT2D eigenvalue weighted by Crippen LogP contribution is -2.30. The summed E-state index contributed by atoms with van der Waals surface area (Å²) in [4.78, 5) is 26.1. The number of hydrogen-bond acceptors (Lipinski definition) is 3. The van der Waals surface area contributed by atoms with Gasteiger partial charge in [-0.3, -0.25) is 9.69 Å². The Morgan fingerprint density at radius 1 is 0.958 bits per heavy atom. The van der Waals surface area contributed by atoms with E-state index in [-0.39, 0.29) is 18.5 Å². The molecule has 1 fully saturated rings. The number of amides is 3. The van der Waals surface area contributed by atoms with E-state index in [9.17, 15) is 9.59 Å². The number of carbonyl (C=O) groups excluding carboxylic acids is 2. The topological polar surface area (TPSA) is 75.4 Å². The third-order valence-corrected chi connectivity index (χ3v) is 4.35. The van der Waals surface area contributed by atoms with Crippen LogP contribution in [0.25, 0.3) is 0 Å². The molecule has 24 heavy (non-hydrogen) atoms. The summed E-state index contributed by atoms with van der Waals surface area (Å²) in [5.41, 5.74) is 9.51. The second kappa shape index (κ2) is 6.84. The molecule has 5 heteroatoms. The Kier molecular flexibility index (Phi) is 4.62. The van der Waals surface area contributed by atoms with Gasteiger partial charge in [-0.1, -0.05) is 55.5 Å². The second-order valence-electron chi connectivity index (χ2n) is 5.92. The molecule has 0 aromatic heterocycles. The quantitative estimate of drug-likeness (QED) is 0.830. The van der Waals surface area contributed by atoms with E-state index in [0.29, 0.717) is 6.54 Å². The number of aryl methyl sites for hydroxylation is 1. The van der Waals surface area contributed by atoms with Gasteiger partial charge in [-0.15, -0.1) is 0 Å². The highest BCUT2D eigenvalue weighted by Crippen LogP contribution is 2.24. The van der Waals surface area contributed by atoms with E-state index in [0.717, 1.165) is 23.1 Å². The number of nitrogens with one attached hydrogen (secondary N) is 1. The minimum Gasteiger partial charge on any atom is -0.326 e. The van der Waals surface area contributed by atoms with E-state index in [4.69, 9.17) is 5.73 Å². The zero-order valence-electron chi connectivity index (χ0n) is 13.7. The molecule has 1 unspecified atom stereocenters. The molecule has 124 valence electrons. The van der Waals surface area contributed by atoms with Crippen LogP contribution in [0.3, 0.4) is 0 Å². The van der Waals surface area contributed by atoms with E-state index >= 15 is 0 Å². The first-order chi connectivity index (χ1) is 11.6. The van der Waals surface area contributed by atoms with Crippen molar-refractivity contribution in [1.29, 1.82) is 0 Å². The Bertz CT molecular complexity index is 738. The van der Waals surface area contributed by atoms with Crippen molar-refractivity contribution in [2.75, 3.05) is 0 Å². The Morgan fingerprint density at radius 2 is 1.54 bits per heavy atom. The molecule has 1 saturated heterocycles. The summed E-state index contributed by atoms with van der Waals surface area (Å²) >= 11 is 0. The number of nitrogens with zero attached hydrogens (tertiary/aromatic N) is 1. The second-order valence-corrected chi connectivity index (χ2v) is 5.92. The third-order valence-electron chi connectivity index (χ3n) is 4.35. The number of hydrogen-bond donors (Lipinski definition) is 2. The van der Waals surface area contributed by atoms with Crippen molar-refractivity contribution in [3.05, 3.63) is 70.8 Å². The molecule has 0 radical (unpaired) electrons. The summed E-state index contributed by atoms with van der Waals surface area (Å²) in [6.45, 7) is 2.81. The van der Waals surface area contributed by atoms with Crippen LogP contribution in [-0.2, 0) is 24.3 Å². The van der Waals surface area contributed by atoms with Gasteiger partial charge in [0.15, 0.2) is 0 Å². The van der Waals surface area contributed by atoms with Crippen molar-refractivity contribution < 1.29 is 9.59 Å². The van der Waals surface area contributed by atoms with Gasteiger partial charge in [-0.25, -0.2) is 4.79 Å². The Hall–Kier alpha value is -2.66. The fourth-order valence-corrected chi connectivity index (χ4v) is 2.80. The fraction of sp³-hybridized carbons (Fsp3) is 0.263. The van der Waals surface area contributed by atoms with Gasteiger partial charge in [-0.2, -0.15) is 0 Å². The maximum absolute atomic E-state index is 12.6. The lowest BCUT2D eigenvalue weighted by molar-refractivity contribution is -0.128. The number of urea groups is 1. The summed E-state index contributed by atoms with van der Waals surface area (Å²) < 4.78 is 0. The molecule has 0 aliphatic carbocycles. The van der Waals surface area contributed by atoms with Crippen LogP contribution >= 0.6 is 0 Å². The molecule has 5 nitrogen and oxygen atoms in total. The highest BCUT2D eigenvalue weighted by molar-refractivity contribution is 6.04. The first-order valence-electron chi connectivity index (χ1n) is 8.11.